The summed E-state index contributed by atoms with van der Waals surface area (Å²) in [6, 6.07) is 4.86. The highest BCUT2D eigenvalue weighted by atomic mass is 35.5. The molecule has 0 saturated carbocycles. The summed E-state index contributed by atoms with van der Waals surface area (Å²) in [7, 11) is 0. The van der Waals surface area contributed by atoms with Crippen LogP contribution in [0, 0.1) is 0 Å². The molecule has 0 spiro atoms. The summed E-state index contributed by atoms with van der Waals surface area (Å²) in [5.41, 5.74) is 0.0911. The molecule has 1 fully saturated rings. The largest absolute Gasteiger partial charge is 0.463 e. The van der Waals surface area contributed by atoms with E-state index in [4.69, 9.17) is 35.3 Å². The van der Waals surface area contributed by atoms with Gasteiger partial charge in [-0.3, -0.25) is 24.0 Å². The van der Waals surface area contributed by atoms with Crippen molar-refractivity contribution in [2.24, 2.45) is 0 Å². The fourth-order valence-corrected chi connectivity index (χ4v) is 3.42. The molecule has 1 amide bonds. The molecule has 180 valence electrons. The van der Waals surface area contributed by atoms with Crippen LogP contribution in [0.15, 0.2) is 24.3 Å². The average Bonchev–Trinajstić information content (AvgIpc) is 2.70. The van der Waals surface area contributed by atoms with Crippen LogP contribution in [0.3, 0.4) is 0 Å². The first-order valence-corrected chi connectivity index (χ1v) is 10.2. The van der Waals surface area contributed by atoms with Gasteiger partial charge in [0.1, 0.15) is 18.8 Å². The Morgan fingerprint density at radius 2 is 1.45 bits per heavy atom. The van der Waals surface area contributed by atoms with E-state index in [1.54, 1.807) is 12.1 Å². The van der Waals surface area contributed by atoms with Crippen LogP contribution >= 0.6 is 11.6 Å². The van der Waals surface area contributed by atoms with Gasteiger partial charge in [-0.05, 0) is 12.1 Å². The first kappa shape index (κ1) is 26.1. The molecule has 0 bridgehead atoms. The summed E-state index contributed by atoms with van der Waals surface area (Å²) in [6.07, 6.45) is -5.34. The molecule has 0 aliphatic carbocycles. The molecular formula is C21H24ClNO10. The Labute approximate surface area is 194 Å². The molecular weight excluding hydrogens is 462 g/mol. The highest BCUT2D eigenvalue weighted by Crippen LogP contribution is 2.28. The first-order valence-electron chi connectivity index (χ1n) is 9.85. The van der Waals surface area contributed by atoms with E-state index < -0.39 is 67.0 Å². The van der Waals surface area contributed by atoms with Crippen molar-refractivity contribution in [3.8, 4) is 0 Å². The Morgan fingerprint density at radius 1 is 0.879 bits per heavy atom. The Morgan fingerprint density at radius 3 is 2.00 bits per heavy atom. The van der Waals surface area contributed by atoms with E-state index in [-0.39, 0.29) is 10.6 Å². The predicted octanol–water partition coefficient (Wildman–Crippen LogP) is 1.15. The van der Waals surface area contributed by atoms with Crippen LogP contribution in [0.5, 0.6) is 0 Å². The van der Waals surface area contributed by atoms with Crippen LogP contribution < -0.4 is 5.32 Å². The van der Waals surface area contributed by atoms with Gasteiger partial charge < -0.3 is 29.0 Å². The summed E-state index contributed by atoms with van der Waals surface area (Å²) >= 11 is 6.09. The molecule has 0 unspecified atom stereocenters. The van der Waals surface area contributed by atoms with Gasteiger partial charge in [-0.25, -0.2) is 0 Å². The monoisotopic (exact) mass is 485 g/mol. The second-order valence-electron chi connectivity index (χ2n) is 7.08. The van der Waals surface area contributed by atoms with E-state index >= 15 is 0 Å². The number of benzene rings is 1. The van der Waals surface area contributed by atoms with Gasteiger partial charge >= 0.3 is 23.9 Å². The summed E-state index contributed by atoms with van der Waals surface area (Å²) < 4.78 is 26.5. The zero-order chi connectivity index (χ0) is 24.7. The lowest BCUT2D eigenvalue weighted by atomic mass is 9.95. The second kappa shape index (κ2) is 11.6. The minimum atomic E-state index is -1.48. The standard InChI is InChI=1S/C21H24ClNO10/c1-10(24)29-9-16-18(30-11(2)25)19(31-12(3)26)17(21(33-16)32-13(4)27)23-20(28)14-7-5-6-8-15(14)22/h5-8,16-19,21H,9H2,1-4H3,(H,23,28)/t16-,17+,18-,19-,21+/m1/s1. The van der Waals surface area contributed by atoms with Crippen LogP contribution in [0.2, 0.25) is 5.02 Å². The first-order chi connectivity index (χ1) is 15.5. The number of halogens is 1. The molecule has 1 aliphatic rings. The normalized spacial score (nSPS) is 24.2. The Balaban J connectivity index is 2.47. The molecule has 1 aromatic carbocycles. The van der Waals surface area contributed by atoms with Crippen molar-refractivity contribution >= 4 is 41.4 Å². The van der Waals surface area contributed by atoms with E-state index in [0.717, 1.165) is 27.7 Å². The van der Waals surface area contributed by atoms with Crippen LogP contribution in [-0.4, -0.2) is 67.0 Å². The molecule has 1 N–H and O–H groups in total. The zero-order valence-corrected chi connectivity index (χ0v) is 19.1. The molecule has 1 aliphatic heterocycles. The fourth-order valence-electron chi connectivity index (χ4n) is 3.19. The Kier molecular flexibility index (Phi) is 9.18. The summed E-state index contributed by atoms with van der Waals surface area (Å²) in [5.74, 6) is -3.64. The van der Waals surface area contributed by atoms with Crippen molar-refractivity contribution < 1.29 is 47.7 Å². The van der Waals surface area contributed by atoms with Crippen LogP contribution in [0.4, 0.5) is 0 Å². The number of hydrogen-bond acceptors (Lipinski definition) is 10. The number of carbonyl (C=O) groups excluding carboxylic acids is 5. The van der Waals surface area contributed by atoms with Gasteiger partial charge in [0.2, 0.25) is 6.29 Å². The SMILES string of the molecule is CC(=O)OC[C@H]1O[C@H](OC(C)=O)[C@@H](NC(=O)c2ccccc2Cl)[C@@H](OC(C)=O)[C@@H]1OC(C)=O. The van der Waals surface area contributed by atoms with Gasteiger partial charge in [-0.2, -0.15) is 0 Å². The highest BCUT2D eigenvalue weighted by Gasteiger charge is 2.52. The van der Waals surface area contributed by atoms with E-state index in [2.05, 4.69) is 5.32 Å². The van der Waals surface area contributed by atoms with Crippen LogP contribution in [-0.2, 0) is 42.9 Å². The molecule has 1 aromatic rings. The van der Waals surface area contributed by atoms with E-state index in [0.29, 0.717) is 0 Å². The quantitative estimate of drug-likeness (QED) is 0.441. The van der Waals surface area contributed by atoms with Gasteiger partial charge in [0, 0.05) is 27.7 Å². The van der Waals surface area contributed by atoms with Crippen LogP contribution in [0.25, 0.3) is 0 Å². The van der Waals surface area contributed by atoms with Gasteiger partial charge in [-0.1, -0.05) is 23.7 Å². The van der Waals surface area contributed by atoms with Crippen molar-refractivity contribution in [2.75, 3.05) is 6.61 Å². The third-order valence-corrected chi connectivity index (χ3v) is 4.73. The number of esters is 4. The van der Waals surface area contributed by atoms with Crippen molar-refractivity contribution in [1.82, 2.24) is 5.32 Å². The molecule has 1 heterocycles. The van der Waals surface area contributed by atoms with Gasteiger partial charge in [-0.15, -0.1) is 0 Å². The third-order valence-electron chi connectivity index (χ3n) is 4.40. The van der Waals surface area contributed by atoms with E-state index in [1.165, 1.54) is 12.1 Å². The smallest absolute Gasteiger partial charge is 0.305 e. The molecule has 1 saturated heterocycles. The molecule has 11 nitrogen and oxygen atoms in total. The number of ether oxygens (including phenoxy) is 5. The minimum absolute atomic E-state index is 0.0911. The van der Waals surface area contributed by atoms with Crippen molar-refractivity contribution in [3.63, 3.8) is 0 Å². The number of hydrogen-bond donors (Lipinski definition) is 1. The van der Waals surface area contributed by atoms with E-state index in [1.807, 2.05) is 0 Å². The lowest BCUT2D eigenvalue weighted by molar-refractivity contribution is -0.270. The molecule has 33 heavy (non-hydrogen) atoms. The number of rotatable bonds is 7. The van der Waals surface area contributed by atoms with E-state index in [9.17, 15) is 24.0 Å². The van der Waals surface area contributed by atoms with Crippen LogP contribution in [0.1, 0.15) is 38.1 Å². The van der Waals surface area contributed by atoms with Gasteiger partial charge in [0.15, 0.2) is 12.2 Å². The molecule has 2 rings (SSSR count). The maximum Gasteiger partial charge on any atom is 0.305 e. The van der Waals surface area contributed by atoms with Gasteiger partial charge in [0.25, 0.3) is 5.91 Å². The number of carbonyl (C=O) groups is 5. The summed E-state index contributed by atoms with van der Waals surface area (Å²) in [6.45, 7) is 4.08. The summed E-state index contributed by atoms with van der Waals surface area (Å²) in [4.78, 5) is 59.6. The maximum absolute atomic E-state index is 12.9. The lowest BCUT2D eigenvalue weighted by Gasteiger charge is -2.44. The highest BCUT2D eigenvalue weighted by molar-refractivity contribution is 6.33. The van der Waals surface area contributed by atoms with Crippen molar-refractivity contribution in [1.29, 1.82) is 0 Å². The predicted molar refractivity (Wildman–Crippen MR) is 111 cm³/mol. The fraction of sp³-hybridized carbons (Fsp3) is 0.476. The maximum atomic E-state index is 12.9. The van der Waals surface area contributed by atoms with Gasteiger partial charge in [0.05, 0.1) is 10.6 Å². The van der Waals surface area contributed by atoms with Crippen molar-refractivity contribution in [3.05, 3.63) is 34.9 Å². The topological polar surface area (TPSA) is 144 Å². The average molecular weight is 486 g/mol. The Hall–Kier alpha value is -3.18. The third kappa shape index (κ3) is 7.43. The molecule has 5 atom stereocenters. The van der Waals surface area contributed by atoms with Crippen molar-refractivity contribution in [2.45, 2.75) is 58.3 Å². The number of nitrogens with one attached hydrogen (secondary N) is 1. The molecule has 0 aromatic heterocycles. The Bertz CT molecular complexity index is 920. The summed E-state index contributed by atoms with van der Waals surface area (Å²) in [5, 5.41) is 2.72. The zero-order valence-electron chi connectivity index (χ0n) is 18.4. The second-order valence-corrected chi connectivity index (χ2v) is 7.49. The molecule has 0 radical (unpaired) electrons. The molecule has 12 heteroatoms. The minimum Gasteiger partial charge on any atom is -0.463 e. The lowest BCUT2D eigenvalue weighted by Crippen LogP contribution is -2.67. The number of amides is 1.